The van der Waals surface area contributed by atoms with Crippen LogP contribution >= 0.6 is 11.6 Å². The Hall–Kier alpha value is -3.10. The van der Waals surface area contributed by atoms with E-state index in [-0.39, 0.29) is 16.7 Å². The second kappa shape index (κ2) is 9.41. The highest BCUT2D eigenvalue weighted by atomic mass is 35.5. The van der Waals surface area contributed by atoms with Gasteiger partial charge in [-0.05, 0) is 53.6 Å². The third-order valence-electron chi connectivity index (χ3n) is 4.76. The molecular formula is C24H15ClF6O2. The fourth-order valence-electron chi connectivity index (χ4n) is 3.06. The quantitative estimate of drug-likeness (QED) is 0.233. The molecule has 0 aliphatic carbocycles. The lowest BCUT2D eigenvalue weighted by Crippen LogP contribution is -2.13. The van der Waals surface area contributed by atoms with E-state index in [1.54, 1.807) is 18.2 Å². The van der Waals surface area contributed by atoms with Crippen molar-refractivity contribution in [1.82, 2.24) is 0 Å². The van der Waals surface area contributed by atoms with Gasteiger partial charge in [0, 0.05) is 16.2 Å². The van der Waals surface area contributed by atoms with Gasteiger partial charge in [-0.3, -0.25) is 4.79 Å². The van der Waals surface area contributed by atoms with Gasteiger partial charge >= 0.3 is 12.4 Å². The summed E-state index contributed by atoms with van der Waals surface area (Å²) in [6, 6.07) is 13.2. The van der Waals surface area contributed by atoms with Crippen molar-refractivity contribution < 1.29 is 36.2 Å². The van der Waals surface area contributed by atoms with E-state index in [2.05, 4.69) is 0 Å². The summed E-state index contributed by atoms with van der Waals surface area (Å²) in [7, 11) is 0. The minimum atomic E-state index is -4.60. The molecule has 0 amide bonds. The van der Waals surface area contributed by atoms with Crippen LogP contribution in [0.1, 0.15) is 38.7 Å². The van der Waals surface area contributed by atoms with Crippen LogP contribution in [0.25, 0.3) is 6.08 Å². The van der Waals surface area contributed by atoms with Crippen LogP contribution in [0.2, 0.25) is 5.02 Å². The third-order valence-corrected chi connectivity index (χ3v) is 4.99. The summed E-state index contributed by atoms with van der Waals surface area (Å²) in [4.78, 5) is 13.1. The zero-order valence-electron chi connectivity index (χ0n) is 16.6. The monoisotopic (exact) mass is 484 g/mol. The lowest BCUT2D eigenvalue weighted by atomic mass is 9.92. The molecule has 0 radical (unpaired) electrons. The molecule has 0 bridgehead atoms. The third kappa shape index (κ3) is 6.03. The van der Waals surface area contributed by atoms with Crippen molar-refractivity contribution in [3.63, 3.8) is 0 Å². The Morgan fingerprint density at radius 3 is 1.82 bits per heavy atom. The predicted octanol–water partition coefficient (Wildman–Crippen LogP) is 7.38. The molecule has 1 N–H and O–H groups in total. The van der Waals surface area contributed by atoms with E-state index in [0.29, 0.717) is 10.6 Å². The van der Waals surface area contributed by atoms with Crippen molar-refractivity contribution >= 4 is 23.5 Å². The molecule has 0 aliphatic heterocycles. The number of ketones is 1. The van der Waals surface area contributed by atoms with Crippen molar-refractivity contribution in [2.75, 3.05) is 0 Å². The second-order valence-electron chi connectivity index (χ2n) is 7.08. The lowest BCUT2D eigenvalue weighted by Gasteiger charge is -2.17. The largest absolute Gasteiger partial charge is 0.416 e. The van der Waals surface area contributed by atoms with Crippen LogP contribution in [0.3, 0.4) is 0 Å². The zero-order valence-corrected chi connectivity index (χ0v) is 17.3. The van der Waals surface area contributed by atoms with Crippen LogP contribution in [-0.2, 0) is 12.4 Å². The number of alkyl halides is 6. The number of hydrogen-bond acceptors (Lipinski definition) is 2. The van der Waals surface area contributed by atoms with Crippen LogP contribution in [0, 0.1) is 0 Å². The molecule has 0 fully saturated rings. The number of aliphatic hydroxyl groups excluding tert-OH is 1. The molecule has 3 rings (SSSR count). The standard InChI is InChI=1S/C24H15ClF6O2/c25-19-3-1-2-14(12-19)13-20(21(32)15-4-8-17(9-5-15)23(26,27)28)22(33)16-6-10-18(11-7-16)24(29,30)31/h1-13,21,32H/b20-13-. The van der Waals surface area contributed by atoms with Crippen molar-refractivity contribution in [2.45, 2.75) is 18.5 Å². The number of carbonyl (C=O) groups excluding carboxylic acids is 1. The topological polar surface area (TPSA) is 37.3 Å². The first-order chi connectivity index (χ1) is 15.4. The van der Waals surface area contributed by atoms with Crippen LogP contribution < -0.4 is 0 Å². The number of carbonyl (C=O) groups is 1. The van der Waals surface area contributed by atoms with Gasteiger partial charge < -0.3 is 5.11 Å². The van der Waals surface area contributed by atoms with Crippen molar-refractivity contribution in [1.29, 1.82) is 0 Å². The Balaban J connectivity index is 2.03. The first-order valence-electron chi connectivity index (χ1n) is 9.40. The van der Waals surface area contributed by atoms with E-state index in [4.69, 9.17) is 11.6 Å². The van der Waals surface area contributed by atoms with Gasteiger partial charge in [0.2, 0.25) is 0 Å². The molecule has 0 spiro atoms. The number of Topliss-reactive ketones (excluding diaryl/α,β-unsaturated/α-hetero) is 1. The Bertz CT molecular complexity index is 1160. The summed E-state index contributed by atoms with van der Waals surface area (Å²) >= 11 is 5.95. The SMILES string of the molecule is O=C(/C(=C\c1cccc(Cl)c1)C(O)c1ccc(C(F)(F)F)cc1)c1ccc(C(F)(F)F)cc1. The number of rotatable bonds is 5. The van der Waals surface area contributed by atoms with Crippen LogP contribution in [0.15, 0.2) is 78.4 Å². The van der Waals surface area contributed by atoms with Crippen LogP contribution in [0.5, 0.6) is 0 Å². The number of benzene rings is 3. The Labute approximate surface area is 189 Å². The maximum atomic E-state index is 13.1. The molecule has 0 aromatic heterocycles. The molecule has 0 saturated carbocycles. The van der Waals surface area contributed by atoms with E-state index >= 15 is 0 Å². The summed E-state index contributed by atoms with van der Waals surface area (Å²) in [5.74, 6) is -0.795. The molecule has 0 aliphatic rings. The lowest BCUT2D eigenvalue weighted by molar-refractivity contribution is -0.138. The van der Waals surface area contributed by atoms with E-state index in [1.807, 2.05) is 0 Å². The molecule has 0 saturated heterocycles. The fourth-order valence-corrected chi connectivity index (χ4v) is 3.25. The summed E-state index contributed by atoms with van der Waals surface area (Å²) in [5.41, 5.74) is -1.88. The number of halogens is 7. The maximum Gasteiger partial charge on any atom is 0.416 e. The first-order valence-corrected chi connectivity index (χ1v) is 9.78. The molecule has 172 valence electrons. The van der Waals surface area contributed by atoms with E-state index in [9.17, 15) is 36.2 Å². The van der Waals surface area contributed by atoms with E-state index < -0.39 is 35.4 Å². The molecule has 2 nitrogen and oxygen atoms in total. The molecule has 3 aromatic carbocycles. The van der Waals surface area contributed by atoms with Gasteiger partial charge in [-0.15, -0.1) is 0 Å². The summed E-state index contributed by atoms with van der Waals surface area (Å²) in [6.07, 6.45) is -9.55. The maximum absolute atomic E-state index is 13.1. The van der Waals surface area contributed by atoms with Crippen LogP contribution in [0.4, 0.5) is 26.3 Å². The van der Waals surface area contributed by atoms with Crippen molar-refractivity contribution in [3.8, 4) is 0 Å². The van der Waals surface area contributed by atoms with E-state index in [0.717, 1.165) is 48.5 Å². The normalized spacial score (nSPS) is 13.6. The highest BCUT2D eigenvalue weighted by Gasteiger charge is 2.32. The fraction of sp³-hybridized carbons (Fsp3) is 0.125. The highest BCUT2D eigenvalue weighted by Crippen LogP contribution is 2.33. The van der Waals surface area contributed by atoms with E-state index in [1.165, 1.54) is 12.1 Å². The number of hydrogen-bond donors (Lipinski definition) is 1. The van der Waals surface area contributed by atoms with Crippen molar-refractivity contribution in [2.24, 2.45) is 0 Å². The van der Waals surface area contributed by atoms with Gasteiger partial charge in [0.15, 0.2) is 5.78 Å². The van der Waals surface area contributed by atoms with Crippen molar-refractivity contribution in [3.05, 3.63) is 111 Å². The van der Waals surface area contributed by atoms with Gasteiger partial charge in [-0.2, -0.15) is 26.3 Å². The number of aliphatic hydroxyl groups is 1. The Kier molecular flexibility index (Phi) is 7.00. The van der Waals surface area contributed by atoms with Crippen LogP contribution in [-0.4, -0.2) is 10.9 Å². The van der Waals surface area contributed by atoms with Gasteiger partial charge in [-0.25, -0.2) is 0 Å². The average molecular weight is 485 g/mol. The predicted molar refractivity (Wildman–Crippen MR) is 112 cm³/mol. The van der Waals surface area contributed by atoms with Gasteiger partial charge in [0.05, 0.1) is 11.1 Å². The highest BCUT2D eigenvalue weighted by molar-refractivity contribution is 6.30. The molecule has 9 heteroatoms. The Morgan fingerprint density at radius 2 is 1.33 bits per heavy atom. The molecule has 33 heavy (non-hydrogen) atoms. The molecule has 0 heterocycles. The Morgan fingerprint density at radius 1 is 0.818 bits per heavy atom. The smallest absolute Gasteiger partial charge is 0.384 e. The minimum absolute atomic E-state index is 0.00320. The average Bonchev–Trinajstić information content (AvgIpc) is 2.75. The summed E-state index contributed by atoms with van der Waals surface area (Å²) in [5, 5.41) is 11.2. The van der Waals surface area contributed by atoms with Gasteiger partial charge in [0.25, 0.3) is 0 Å². The first kappa shape index (κ1) is 24.5. The van der Waals surface area contributed by atoms with Gasteiger partial charge in [-0.1, -0.05) is 48.0 Å². The summed E-state index contributed by atoms with van der Waals surface area (Å²) < 4.78 is 77.1. The minimum Gasteiger partial charge on any atom is -0.384 e. The molecule has 1 unspecified atom stereocenters. The molecule has 3 aromatic rings. The van der Waals surface area contributed by atoms with Gasteiger partial charge in [0.1, 0.15) is 6.10 Å². The molecular weight excluding hydrogens is 470 g/mol. The summed E-state index contributed by atoms with van der Waals surface area (Å²) in [6.45, 7) is 0. The second-order valence-corrected chi connectivity index (χ2v) is 7.52. The molecule has 1 atom stereocenters. The zero-order chi connectivity index (χ0) is 24.4.